The Morgan fingerprint density at radius 2 is 1.90 bits per heavy atom. The fourth-order valence-corrected chi connectivity index (χ4v) is 2.78. The SMILES string of the molecule is COCC(C)OCC(O)CNCC(C)(C)NS(C)(=O)=O. The molecular weight excluding hydrogens is 284 g/mol. The van der Waals surface area contributed by atoms with Crippen LogP contribution in [0.4, 0.5) is 0 Å². The number of aliphatic hydroxyl groups excluding tert-OH is 1. The monoisotopic (exact) mass is 312 g/mol. The molecule has 0 aromatic heterocycles. The largest absolute Gasteiger partial charge is 0.389 e. The van der Waals surface area contributed by atoms with E-state index in [0.717, 1.165) is 6.26 Å². The van der Waals surface area contributed by atoms with Crippen LogP contribution in [-0.2, 0) is 19.5 Å². The summed E-state index contributed by atoms with van der Waals surface area (Å²) in [6.07, 6.45) is 0.399. The van der Waals surface area contributed by atoms with Gasteiger partial charge in [0.15, 0.2) is 0 Å². The minimum absolute atomic E-state index is 0.0713. The maximum absolute atomic E-state index is 11.2. The number of methoxy groups -OCH3 is 1. The van der Waals surface area contributed by atoms with Crippen LogP contribution in [0.2, 0.25) is 0 Å². The van der Waals surface area contributed by atoms with Crippen LogP contribution in [-0.4, -0.2) is 70.9 Å². The van der Waals surface area contributed by atoms with Crippen molar-refractivity contribution >= 4 is 10.0 Å². The highest BCUT2D eigenvalue weighted by molar-refractivity contribution is 7.88. The zero-order chi connectivity index (χ0) is 15.8. The number of ether oxygens (including phenoxy) is 2. The Kier molecular flexibility index (Phi) is 8.80. The first-order valence-corrected chi connectivity index (χ1v) is 8.43. The van der Waals surface area contributed by atoms with Crippen molar-refractivity contribution in [2.45, 2.75) is 38.5 Å². The van der Waals surface area contributed by atoms with Crippen LogP contribution >= 0.6 is 0 Å². The molecule has 2 atom stereocenters. The summed E-state index contributed by atoms with van der Waals surface area (Å²) >= 11 is 0. The molecule has 0 aromatic rings. The van der Waals surface area contributed by atoms with Crippen molar-refractivity contribution in [3.63, 3.8) is 0 Å². The standard InChI is InChI=1S/C12H28N2O5S/c1-10(7-18-4)19-8-11(15)6-13-9-12(2,3)14-20(5,16)17/h10-11,13-15H,6-9H2,1-5H3. The molecule has 8 heteroatoms. The lowest BCUT2D eigenvalue weighted by Gasteiger charge is -2.26. The normalized spacial score (nSPS) is 16.1. The van der Waals surface area contributed by atoms with Gasteiger partial charge in [-0.3, -0.25) is 0 Å². The highest BCUT2D eigenvalue weighted by Gasteiger charge is 2.21. The lowest BCUT2D eigenvalue weighted by Crippen LogP contribution is -2.51. The predicted octanol–water partition coefficient (Wildman–Crippen LogP) is -0.684. The molecule has 0 rings (SSSR count). The van der Waals surface area contributed by atoms with Gasteiger partial charge in [0.05, 0.1) is 31.7 Å². The van der Waals surface area contributed by atoms with E-state index in [1.54, 1.807) is 21.0 Å². The Morgan fingerprint density at radius 3 is 2.40 bits per heavy atom. The van der Waals surface area contributed by atoms with Crippen LogP contribution in [0.3, 0.4) is 0 Å². The summed E-state index contributed by atoms with van der Waals surface area (Å²) in [7, 11) is -1.66. The van der Waals surface area contributed by atoms with Crippen LogP contribution in [0.25, 0.3) is 0 Å². The van der Waals surface area contributed by atoms with Crippen LogP contribution < -0.4 is 10.0 Å². The third kappa shape index (κ3) is 11.6. The highest BCUT2D eigenvalue weighted by Crippen LogP contribution is 2.02. The molecule has 0 aliphatic carbocycles. The van der Waals surface area contributed by atoms with E-state index in [2.05, 4.69) is 10.0 Å². The molecule has 0 heterocycles. The maximum Gasteiger partial charge on any atom is 0.209 e. The lowest BCUT2D eigenvalue weighted by molar-refractivity contribution is -0.0312. The summed E-state index contributed by atoms with van der Waals surface area (Å²) in [5, 5.41) is 12.7. The minimum Gasteiger partial charge on any atom is -0.389 e. The quantitative estimate of drug-likeness (QED) is 0.467. The summed E-state index contributed by atoms with van der Waals surface area (Å²) in [6, 6.07) is 0. The van der Waals surface area contributed by atoms with Gasteiger partial charge < -0.3 is 19.9 Å². The molecule has 122 valence electrons. The number of hydrogen-bond acceptors (Lipinski definition) is 6. The number of nitrogens with one attached hydrogen (secondary N) is 2. The fraction of sp³-hybridized carbons (Fsp3) is 1.00. The van der Waals surface area contributed by atoms with E-state index in [1.807, 2.05) is 6.92 Å². The molecule has 0 amide bonds. The molecule has 0 aliphatic heterocycles. The van der Waals surface area contributed by atoms with Crippen molar-refractivity contribution in [1.29, 1.82) is 0 Å². The number of sulfonamides is 1. The van der Waals surface area contributed by atoms with Crippen molar-refractivity contribution in [1.82, 2.24) is 10.0 Å². The number of hydrogen-bond donors (Lipinski definition) is 3. The first kappa shape index (κ1) is 19.8. The molecule has 0 fully saturated rings. The van der Waals surface area contributed by atoms with Crippen LogP contribution in [0.5, 0.6) is 0 Å². The van der Waals surface area contributed by atoms with Gasteiger partial charge in [-0.25, -0.2) is 13.1 Å². The topological polar surface area (TPSA) is 96.9 Å². The van der Waals surface area contributed by atoms with Gasteiger partial charge in [0, 0.05) is 25.7 Å². The summed E-state index contributed by atoms with van der Waals surface area (Å²) in [5.41, 5.74) is -0.614. The summed E-state index contributed by atoms with van der Waals surface area (Å²) in [4.78, 5) is 0. The van der Waals surface area contributed by atoms with E-state index in [9.17, 15) is 13.5 Å². The van der Waals surface area contributed by atoms with Gasteiger partial charge in [-0.1, -0.05) is 0 Å². The Bertz CT molecular complexity index is 359. The van der Waals surface area contributed by atoms with Crippen molar-refractivity contribution in [3.05, 3.63) is 0 Å². The Balaban J connectivity index is 3.88. The summed E-state index contributed by atoms with van der Waals surface area (Å²) in [5.74, 6) is 0. The van der Waals surface area contributed by atoms with Gasteiger partial charge in [-0.15, -0.1) is 0 Å². The molecule has 2 unspecified atom stereocenters. The Labute approximate surface area is 122 Å². The molecule has 0 saturated heterocycles. The second kappa shape index (κ2) is 8.91. The molecule has 20 heavy (non-hydrogen) atoms. The van der Waals surface area contributed by atoms with Crippen molar-refractivity contribution in [3.8, 4) is 0 Å². The molecule has 3 N–H and O–H groups in total. The molecule has 0 radical (unpaired) electrons. The second-order valence-corrected chi connectivity index (χ2v) is 7.39. The first-order valence-electron chi connectivity index (χ1n) is 6.54. The van der Waals surface area contributed by atoms with Gasteiger partial charge in [0.2, 0.25) is 10.0 Å². The summed E-state index contributed by atoms with van der Waals surface area (Å²) < 4.78 is 35.1. The van der Waals surface area contributed by atoms with Crippen LogP contribution in [0.1, 0.15) is 20.8 Å². The summed E-state index contributed by atoms with van der Waals surface area (Å²) in [6.45, 7) is 6.82. The molecule has 0 spiro atoms. The number of rotatable bonds is 11. The molecule has 0 aromatic carbocycles. The molecule has 0 saturated carbocycles. The predicted molar refractivity (Wildman–Crippen MR) is 78.2 cm³/mol. The lowest BCUT2D eigenvalue weighted by atomic mass is 10.1. The van der Waals surface area contributed by atoms with Gasteiger partial charge in [0.25, 0.3) is 0 Å². The van der Waals surface area contributed by atoms with Crippen molar-refractivity contribution < 1.29 is 23.0 Å². The Morgan fingerprint density at radius 1 is 1.30 bits per heavy atom. The van der Waals surface area contributed by atoms with Gasteiger partial charge in [-0.2, -0.15) is 0 Å². The van der Waals surface area contributed by atoms with E-state index >= 15 is 0 Å². The van der Waals surface area contributed by atoms with Crippen LogP contribution in [0.15, 0.2) is 0 Å². The van der Waals surface area contributed by atoms with Crippen LogP contribution in [0, 0.1) is 0 Å². The zero-order valence-electron chi connectivity index (χ0n) is 13.0. The Hall–Kier alpha value is -0.250. The maximum atomic E-state index is 11.2. The van der Waals surface area contributed by atoms with E-state index in [4.69, 9.17) is 9.47 Å². The van der Waals surface area contributed by atoms with E-state index in [0.29, 0.717) is 19.7 Å². The molecule has 0 aliphatic rings. The highest BCUT2D eigenvalue weighted by atomic mass is 32.2. The van der Waals surface area contributed by atoms with Crippen molar-refractivity contribution in [2.75, 3.05) is 39.7 Å². The van der Waals surface area contributed by atoms with E-state index in [1.165, 1.54) is 0 Å². The van der Waals surface area contributed by atoms with E-state index < -0.39 is 21.7 Å². The average molecular weight is 312 g/mol. The van der Waals surface area contributed by atoms with Gasteiger partial charge >= 0.3 is 0 Å². The first-order chi connectivity index (χ1) is 9.06. The number of aliphatic hydroxyl groups is 1. The van der Waals surface area contributed by atoms with Gasteiger partial charge in [-0.05, 0) is 20.8 Å². The third-order valence-corrected chi connectivity index (χ3v) is 3.31. The van der Waals surface area contributed by atoms with E-state index in [-0.39, 0.29) is 12.7 Å². The molecular formula is C12H28N2O5S. The minimum atomic E-state index is -3.25. The fourth-order valence-electron chi connectivity index (χ4n) is 1.71. The smallest absolute Gasteiger partial charge is 0.209 e. The zero-order valence-corrected chi connectivity index (χ0v) is 13.8. The molecule has 0 bridgehead atoms. The van der Waals surface area contributed by atoms with Crippen molar-refractivity contribution in [2.24, 2.45) is 0 Å². The van der Waals surface area contributed by atoms with Gasteiger partial charge in [0.1, 0.15) is 0 Å². The molecule has 7 nitrogen and oxygen atoms in total. The average Bonchev–Trinajstić information content (AvgIpc) is 2.23. The third-order valence-electron chi connectivity index (χ3n) is 2.38. The second-order valence-electron chi connectivity index (χ2n) is 5.64.